The van der Waals surface area contributed by atoms with Crippen molar-refractivity contribution in [3.05, 3.63) is 65.7 Å². The molecule has 0 radical (unpaired) electrons. The lowest BCUT2D eigenvalue weighted by atomic mass is 9.95. The zero-order valence-electron chi connectivity index (χ0n) is 14.5. The summed E-state index contributed by atoms with van der Waals surface area (Å²) in [5, 5.41) is 3.01. The Morgan fingerprint density at radius 3 is 2.38 bits per heavy atom. The fraction of sp³-hybridized carbons (Fsp3) is 0.350. The first-order valence-electron chi connectivity index (χ1n) is 8.19. The van der Waals surface area contributed by atoms with Crippen molar-refractivity contribution in [3.63, 3.8) is 0 Å². The van der Waals surface area contributed by atoms with E-state index in [1.165, 1.54) is 0 Å². The van der Waals surface area contributed by atoms with Gasteiger partial charge in [-0.05, 0) is 29.7 Å². The highest BCUT2D eigenvalue weighted by Gasteiger charge is 2.20. The first kappa shape index (κ1) is 18.0. The molecule has 2 atom stereocenters. The molecule has 0 fully saturated rings. The number of hydrogen-bond donors (Lipinski definition) is 1. The van der Waals surface area contributed by atoms with E-state index in [9.17, 15) is 4.79 Å². The maximum atomic E-state index is 12.6. The van der Waals surface area contributed by atoms with Crippen LogP contribution in [0.4, 0.5) is 0 Å². The van der Waals surface area contributed by atoms with Gasteiger partial charge in [0.15, 0.2) is 0 Å². The van der Waals surface area contributed by atoms with Gasteiger partial charge in [-0.3, -0.25) is 4.79 Å². The van der Waals surface area contributed by atoms with Crippen molar-refractivity contribution in [1.29, 1.82) is 0 Å². The Hall–Kier alpha value is -2.33. The molecule has 0 aliphatic rings. The van der Waals surface area contributed by atoms with E-state index in [2.05, 4.69) is 5.32 Å². The minimum Gasteiger partial charge on any atom is -0.497 e. The SMILES string of the molecule is CC[C@@H](C(=O)NC[C@@H](OC)c1cccc(OC)c1)c1ccccc1. The summed E-state index contributed by atoms with van der Waals surface area (Å²) in [5.74, 6) is 0.652. The molecule has 1 N–H and O–H groups in total. The molecule has 2 aromatic carbocycles. The standard InChI is InChI=1S/C20H25NO3/c1-4-18(15-9-6-5-7-10-15)20(22)21-14-19(24-3)16-11-8-12-17(13-16)23-2/h5-13,18-19H,4,14H2,1-3H3,(H,21,22)/t18-,19-/m1/s1. The van der Waals surface area contributed by atoms with E-state index in [0.717, 1.165) is 23.3 Å². The molecule has 0 unspecified atom stereocenters. The summed E-state index contributed by atoms with van der Waals surface area (Å²) in [4.78, 5) is 12.6. The Labute approximate surface area is 143 Å². The van der Waals surface area contributed by atoms with E-state index < -0.39 is 0 Å². The molecule has 0 heterocycles. The van der Waals surface area contributed by atoms with Gasteiger partial charge in [-0.1, -0.05) is 49.4 Å². The first-order valence-corrected chi connectivity index (χ1v) is 8.19. The predicted octanol–water partition coefficient (Wildman–Crippen LogP) is 3.69. The highest BCUT2D eigenvalue weighted by molar-refractivity contribution is 5.83. The third kappa shape index (κ3) is 4.59. The van der Waals surface area contributed by atoms with E-state index >= 15 is 0 Å². The van der Waals surface area contributed by atoms with Crippen LogP contribution in [0, 0.1) is 0 Å². The van der Waals surface area contributed by atoms with Crippen molar-refractivity contribution in [2.24, 2.45) is 0 Å². The van der Waals surface area contributed by atoms with Crippen LogP contribution < -0.4 is 10.1 Å². The molecule has 0 bridgehead atoms. The quantitative estimate of drug-likeness (QED) is 0.804. The van der Waals surface area contributed by atoms with Crippen LogP contribution in [0.3, 0.4) is 0 Å². The van der Waals surface area contributed by atoms with E-state index in [1.807, 2.05) is 61.5 Å². The van der Waals surface area contributed by atoms with Crippen LogP contribution in [0.25, 0.3) is 0 Å². The third-order valence-electron chi connectivity index (χ3n) is 4.14. The van der Waals surface area contributed by atoms with E-state index in [-0.39, 0.29) is 17.9 Å². The molecule has 1 amide bonds. The number of carbonyl (C=O) groups is 1. The van der Waals surface area contributed by atoms with Gasteiger partial charge in [0.25, 0.3) is 0 Å². The predicted molar refractivity (Wildman–Crippen MR) is 95.2 cm³/mol. The molecule has 4 heteroatoms. The summed E-state index contributed by atoms with van der Waals surface area (Å²) in [7, 11) is 3.28. The number of nitrogens with one attached hydrogen (secondary N) is 1. The minimum absolute atomic E-state index is 0.0219. The monoisotopic (exact) mass is 327 g/mol. The fourth-order valence-corrected chi connectivity index (χ4v) is 2.75. The number of rotatable bonds is 8. The van der Waals surface area contributed by atoms with Crippen LogP contribution in [-0.2, 0) is 9.53 Å². The zero-order chi connectivity index (χ0) is 17.4. The summed E-state index contributed by atoms with van der Waals surface area (Å²) in [6, 6.07) is 17.5. The lowest BCUT2D eigenvalue weighted by Crippen LogP contribution is -2.33. The largest absolute Gasteiger partial charge is 0.497 e. The van der Waals surface area contributed by atoms with Gasteiger partial charge >= 0.3 is 0 Å². The van der Waals surface area contributed by atoms with Crippen molar-refractivity contribution < 1.29 is 14.3 Å². The molecule has 24 heavy (non-hydrogen) atoms. The summed E-state index contributed by atoms with van der Waals surface area (Å²) < 4.78 is 10.8. The van der Waals surface area contributed by atoms with Gasteiger partial charge in [0.1, 0.15) is 5.75 Å². The third-order valence-corrected chi connectivity index (χ3v) is 4.14. The van der Waals surface area contributed by atoms with Crippen LogP contribution >= 0.6 is 0 Å². The van der Waals surface area contributed by atoms with Crippen LogP contribution in [0.2, 0.25) is 0 Å². The number of carbonyl (C=O) groups excluding carboxylic acids is 1. The normalized spacial score (nSPS) is 13.1. The van der Waals surface area contributed by atoms with Crippen molar-refractivity contribution in [1.82, 2.24) is 5.32 Å². The lowest BCUT2D eigenvalue weighted by Gasteiger charge is -2.20. The molecule has 2 aromatic rings. The maximum absolute atomic E-state index is 12.6. The van der Waals surface area contributed by atoms with Gasteiger partial charge in [-0.2, -0.15) is 0 Å². The zero-order valence-corrected chi connectivity index (χ0v) is 14.5. The summed E-state index contributed by atoms with van der Waals surface area (Å²) >= 11 is 0. The van der Waals surface area contributed by atoms with Crippen molar-refractivity contribution >= 4 is 5.91 Å². The Bertz CT molecular complexity index is 642. The highest BCUT2D eigenvalue weighted by atomic mass is 16.5. The van der Waals surface area contributed by atoms with E-state index in [0.29, 0.717) is 6.54 Å². The van der Waals surface area contributed by atoms with Crippen molar-refractivity contribution in [2.45, 2.75) is 25.4 Å². The molecule has 0 aromatic heterocycles. The molecule has 0 saturated heterocycles. The smallest absolute Gasteiger partial charge is 0.227 e. The van der Waals surface area contributed by atoms with Gasteiger partial charge in [0.2, 0.25) is 5.91 Å². The first-order chi connectivity index (χ1) is 11.7. The van der Waals surface area contributed by atoms with Gasteiger partial charge in [0, 0.05) is 13.7 Å². The second-order valence-corrected chi connectivity index (χ2v) is 5.62. The Balaban J connectivity index is 2.02. The summed E-state index contributed by atoms with van der Waals surface area (Å²) in [5.41, 5.74) is 2.01. The maximum Gasteiger partial charge on any atom is 0.227 e. The number of benzene rings is 2. The molecule has 0 aliphatic carbocycles. The molecule has 0 saturated carbocycles. The van der Waals surface area contributed by atoms with Crippen molar-refractivity contribution in [2.75, 3.05) is 20.8 Å². The average molecular weight is 327 g/mol. The van der Waals surface area contributed by atoms with Gasteiger partial charge in [0.05, 0.1) is 19.1 Å². The Morgan fingerprint density at radius 2 is 1.75 bits per heavy atom. The van der Waals surface area contributed by atoms with E-state index in [1.54, 1.807) is 14.2 Å². The Kier molecular flexibility index (Phi) is 6.82. The molecule has 4 nitrogen and oxygen atoms in total. The number of hydrogen-bond acceptors (Lipinski definition) is 3. The van der Waals surface area contributed by atoms with Gasteiger partial charge < -0.3 is 14.8 Å². The Morgan fingerprint density at radius 1 is 1.04 bits per heavy atom. The van der Waals surface area contributed by atoms with Crippen LogP contribution in [0.15, 0.2) is 54.6 Å². The van der Waals surface area contributed by atoms with E-state index in [4.69, 9.17) is 9.47 Å². The van der Waals surface area contributed by atoms with Crippen LogP contribution in [-0.4, -0.2) is 26.7 Å². The van der Waals surface area contributed by atoms with Gasteiger partial charge in [-0.25, -0.2) is 0 Å². The van der Waals surface area contributed by atoms with Crippen LogP contribution in [0.5, 0.6) is 5.75 Å². The van der Waals surface area contributed by atoms with Crippen LogP contribution in [0.1, 0.15) is 36.5 Å². The minimum atomic E-state index is -0.211. The summed E-state index contributed by atoms with van der Waals surface area (Å²) in [6.07, 6.45) is 0.546. The lowest BCUT2D eigenvalue weighted by molar-refractivity contribution is -0.123. The van der Waals surface area contributed by atoms with Gasteiger partial charge in [-0.15, -0.1) is 0 Å². The number of amides is 1. The van der Waals surface area contributed by atoms with Crippen molar-refractivity contribution in [3.8, 4) is 5.75 Å². The topological polar surface area (TPSA) is 47.6 Å². The number of ether oxygens (including phenoxy) is 2. The molecular formula is C20H25NO3. The molecule has 128 valence electrons. The molecule has 2 rings (SSSR count). The molecular weight excluding hydrogens is 302 g/mol. The fourth-order valence-electron chi connectivity index (χ4n) is 2.75. The molecule has 0 aliphatic heterocycles. The second-order valence-electron chi connectivity index (χ2n) is 5.62. The highest BCUT2D eigenvalue weighted by Crippen LogP contribution is 2.22. The average Bonchev–Trinajstić information content (AvgIpc) is 2.64. The molecule has 0 spiro atoms. The number of methoxy groups -OCH3 is 2. The summed E-state index contributed by atoms with van der Waals surface area (Å²) in [6.45, 7) is 2.44. The second kappa shape index (κ2) is 9.08.